The van der Waals surface area contributed by atoms with Crippen molar-refractivity contribution in [1.82, 2.24) is 15.1 Å². The van der Waals surface area contributed by atoms with Crippen LogP contribution in [-0.2, 0) is 0 Å². The van der Waals surface area contributed by atoms with Crippen LogP contribution < -0.4 is 10.6 Å². The number of rotatable bonds is 10. The van der Waals surface area contributed by atoms with Crippen molar-refractivity contribution in [3.8, 4) is 6.07 Å². The maximum absolute atomic E-state index is 12.6. The highest BCUT2D eigenvalue weighted by atomic mass is 16.2. The molecule has 2 saturated heterocycles. The molecule has 29 heavy (non-hydrogen) atoms. The molecule has 0 aliphatic carbocycles. The lowest BCUT2D eigenvalue weighted by Crippen LogP contribution is -2.58. The van der Waals surface area contributed by atoms with E-state index in [1.165, 1.54) is 19.3 Å². The monoisotopic (exact) mass is 397 g/mol. The van der Waals surface area contributed by atoms with Gasteiger partial charge < -0.3 is 15.5 Å². The van der Waals surface area contributed by atoms with E-state index in [1.54, 1.807) is 0 Å². The fourth-order valence-corrected chi connectivity index (χ4v) is 4.54. The van der Waals surface area contributed by atoms with Crippen molar-refractivity contribution in [2.75, 3.05) is 38.0 Å². The lowest BCUT2D eigenvalue weighted by molar-refractivity contribution is 0.0881. The molecule has 6 heteroatoms. The summed E-state index contributed by atoms with van der Waals surface area (Å²) in [6, 6.07) is 10.6. The SMILES string of the molecule is CCCCCCNC(=O)N1C2CCC1CN(CCCNc1ccc(C#N)cc1)C2. The zero-order valence-corrected chi connectivity index (χ0v) is 17.7. The van der Waals surface area contributed by atoms with Gasteiger partial charge in [-0.05, 0) is 56.5 Å². The largest absolute Gasteiger partial charge is 0.385 e. The number of benzene rings is 1. The van der Waals surface area contributed by atoms with Crippen molar-refractivity contribution >= 4 is 11.7 Å². The summed E-state index contributed by atoms with van der Waals surface area (Å²) in [5.74, 6) is 0. The molecule has 6 nitrogen and oxygen atoms in total. The molecule has 1 aromatic carbocycles. The number of carbonyl (C=O) groups excluding carboxylic acids is 1. The number of unbranched alkanes of at least 4 members (excludes halogenated alkanes) is 3. The van der Waals surface area contributed by atoms with Crippen molar-refractivity contribution in [3.63, 3.8) is 0 Å². The number of likely N-dealkylation sites (tertiary alicyclic amines) is 1. The lowest BCUT2D eigenvalue weighted by atomic mass is 10.2. The van der Waals surface area contributed by atoms with Gasteiger partial charge in [0.15, 0.2) is 0 Å². The predicted octanol–water partition coefficient (Wildman–Crippen LogP) is 3.80. The van der Waals surface area contributed by atoms with E-state index in [4.69, 9.17) is 5.26 Å². The van der Waals surface area contributed by atoms with Gasteiger partial charge in [-0.25, -0.2) is 4.79 Å². The summed E-state index contributed by atoms with van der Waals surface area (Å²) in [4.78, 5) is 17.3. The number of piperazine rings is 1. The highest BCUT2D eigenvalue weighted by Gasteiger charge is 2.42. The Labute approximate surface area is 175 Å². The average molecular weight is 398 g/mol. The number of nitrogens with zero attached hydrogens (tertiary/aromatic N) is 3. The number of nitrogens with one attached hydrogen (secondary N) is 2. The molecule has 2 amide bonds. The molecule has 0 radical (unpaired) electrons. The second kappa shape index (κ2) is 11.1. The number of hydrogen-bond acceptors (Lipinski definition) is 4. The van der Waals surface area contributed by atoms with Crippen molar-refractivity contribution in [2.45, 2.75) is 64.0 Å². The summed E-state index contributed by atoms with van der Waals surface area (Å²) in [5.41, 5.74) is 1.75. The molecule has 2 aliphatic heterocycles. The van der Waals surface area contributed by atoms with Gasteiger partial charge in [0.25, 0.3) is 0 Å². The third-order valence-corrected chi connectivity index (χ3v) is 6.09. The highest BCUT2D eigenvalue weighted by molar-refractivity contribution is 5.75. The zero-order valence-electron chi connectivity index (χ0n) is 17.7. The molecule has 2 fully saturated rings. The molecule has 3 rings (SSSR count). The second-order valence-electron chi connectivity index (χ2n) is 8.31. The zero-order chi connectivity index (χ0) is 20.5. The Morgan fingerprint density at radius 3 is 2.45 bits per heavy atom. The Morgan fingerprint density at radius 1 is 1.07 bits per heavy atom. The van der Waals surface area contributed by atoms with Crippen LogP contribution in [-0.4, -0.2) is 60.6 Å². The lowest BCUT2D eigenvalue weighted by Gasteiger charge is -2.41. The molecule has 2 aliphatic rings. The van der Waals surface area contributed by atoms with E-state index in [0.717, 1.165) is 64.1 Å². The molecule has 2 atom stereocenters. The molecule has 2 unspecified atom stereocenters. The van der Waals surface area contributed by atoms with Crippen molar-refractivity contribution in [1.29, 1.82) is 5.26 Å². The predicted molar refractivity (Wildman–Crippen MR) is 117 cm³/mol. The Hall–Kier alpha value is -2.26. The number of nitriles is 1. The van der Waals surface area contributed by atoms with Gasteiger partial charge in [0.1, 0.15) is 0 Å². The van der Waals surface area contributed by atoms with Gasteiger partial charge in [-0.2, -0.15) is 5.26 Å². The maximum Gasteiger partial charge on any atom is 0.317 e. The van der Waals surface area contributed by atoms with Crippen LogP contribution in [0.3, 0.4) is 0 Å². The first-order chi connectivity index (χ1) is 14.2. The number of carbonyl (C=O) groups is 1. The summed E-state index contributed by atoms with van der Waals surface area (Å²) < 4.78 is 0. The van der Waals surface area contributed by atoms with Crippen LogP contribution in [0.15, 0.2) is 24.3 Å². The molecule has 2 bridgehead atoms. The topological polar surface area (TPSA) is 71.4 Å². The molecule has 2 heterocycles. The fourth-order valence-electron chi connectivity index (χ4n) is 4.54. The van der Waals surface area contributed by atoms with Gasteiger partial charge in [0.2, 0.25) is 0 Å². The van der Waals surface area contributed by atoms with Gasteiger partial charge in [-0.3, -0.25) is 4.90 Å². The van der Waals surface area contributed by atoms with Crippen molar-refractivity contribution in [2.24, 2.45) is 0 Å². The first kappa shape index (κ1) is 21.4. The standard InChI is InChI=1S/C23H35N5O/c1-2-3-4-5-13-26-23(29)28-21-11-12-22(28)18-27(17-21)15-6-14-25-20-9-7-19(16-24)8-10-20/h7-10,21-22,25H,2-6,11-15,17-18H2,1H3,(H,26,29). The minimum Gasteiger partial charge on any atom is -0.385 e. The van der Waals surface area contributed by atoms with Crippen molar-refractivity contribution < 1.29 is 4.79 Å². The fraction of sp³-hybridized carbons (Fsp3) is 0.652. The summed E-state index contributed by atoms with van der Waals surface area (Å²) in [6.07, 6.45) is 8.10. The van der Waals surface area contributed by atoms with E-state index in [-0.39, 0.29) is 6.03 Å². The molecule has 2 N–H and O–H groups in total. The van der Waals surface area contributed by atoms with E-state index in [9.17, 15) is 4.79 Å². The average Bonchev–Trinajstić information content (AvgIpc) is 3.01. The summed E-state index contributed by atoms with van der Waals surface area (Å²) in [6.45, 7) is 6.98. The van der Waals surface area contributed by atoms with Crippen LogP contribution >= 0.6 is 0 Å². The van der Waals surface area contributed by atoms with Crippen LogP contribution in [0.5, 0.6) is 0 Å². The van der Waals surface area contributed by atoms with E-state index in [0.29, 0.717) is 17.6 Å². The number of amides is 2. The van der Waals surface area contributed by atoms with Crippen LogP contribution in [0.4, 0.5) is 10.5 Å². The molecule has 0 saturated carbocycles. The number of hydrogen-bond donors (Lipinski definition) is 2. The third-order valence-electron chi connectivity index (χ3n) is 6.09. The number of fused-ring (bicyclic) bond motifs is 2. The van der Waals surface area contributed by atoms with E-state index in [2.05, 4.69) is 33.4 Å². The molecule has 0 aromatic heterocycles. The highest BCUT2D eigenvalue weighted by Crippen LogP contribution is 2.30. The molecular formula is C23H35N5O. The minimum atomic E-state index is 0.149. The summed E-state index contributed by atoms with van der Waals surface area (Å²) in [5, 5.41) is 15.4. The van der Waals surface area contributed by atoms with E-state index in [1.807, 2.05) is 24.3 Å². The smallest absolute Gasteiger partial charge is 0.317 e. The van der Waals surface area contributed by atoms with Gasteiger partial charge in [0.05, 0.1) is 11.6 Å². The van der Waals surface area contributed by atoms with E-state index >= 15 is 0 Å². The van der Waals surface area contributed by atoms with Crippen LogP contribution in [0.1, 0.15) is 57.4 Å². The summed E-state index contributed by atoms with van der Waals surface area (Å²) >= 11 is 0. The van der Waals surface area contributed by atoms with Crippen molar-refractivity contribution in [3.05, 3.63) is 29.8 Å². The first-order valence-electron chi connectivity index (χ1n) is 11.2. The number of urea groups is 1. The third kappa shape index (κ3) is 6.11. The normalized spacial score (nSPS) is 21.0. The summed E-state index contributed by atoms with van der Waals surface area (Å²) in [7, 11) is 0. The Kier molecular flexibility index (Phi) is 8.18. The number of anilines is 1. The molecule has 0 spiro atoms. The van der Waals surface area contributed by atoms with Crippen LogP contribution in [0, 0.1) is 11.3 Å². The second-order valence-corrected chi connectivity index (χ2v) is 8.31. The van der Waals surface area contributed by atoms with Gasteiger partial charge in [-0.15, -0.1) is 0 Å². The maximum atomic E-state index is 12.6. The van der Waals surface area contributed by atoms with E-state index < -0.39 is 0 Å². The Balaban J connectivity index is 1.35. The van der Waals surface area contributed by atoms with Gasteiger partial charge in [-0.1, -0.05) is 26.2 Å². The molecule has 158 valence electrons. The van der Waals surface area contributed by atoms with Crippen LogP contribution in [0.2, 0.25) is 0 Å². The minimum absolute atomic E-state index is 0.149. The first-order valence-corrected chi connectivity index (χ1v) is 11.2. The van der Waals surface area contributed by atoms with Crippen LogP contribution in [0.25, 0.3) is 0 Å². The Morgan fingerprint density at radius 2 is 1.79 bits per heavy atom. The molecular weight excluding hydrogens is 362 g/mol. The van der Waals surface area contributed by atoms with Gasteiger partial charge in [0, 0.05) is 44.0 Å². The molecule has 1 aromatic rings. The quantitative estimate of drug-likeness (QED) is 0.589. The van der Waals surface area contributed by atoms with Gasteiger partial charge >= 0.3 is 6.03 Å². The Bertz CT molecular complexity index is 670.